The van der Waals surface area contributed by atoms with Crippen molar-refractivity contribution >= 4 is 5.91 Å². The molecule has 1 amide bonds. The van der Waals surface area contributed by atoms with Crippen molar-refractivity contribution in [2.24, 2.45) is 5.73 Å². The van der Waals surface area contributed by atoms with E-state index in [0.717, 1.165) is 12.8 Å². The van der Waals surface area contributed by atoms with Crippen LogP contribution in [0, 0.1) is 0 Å². The molecule has 4 heteroatoms. The Hall–Kier alpha value is -0.610. The molecule has 0 aromatic rings. The van der Waals surface area contributed by atoms with Gasteiger partial charge in [0.15, 0.2) is 0 Å². The van der Waals surface area contributed by atoms with Gasteiger partial charge in [-0.25, -0.2) is 0 Å². The summed E-state index contributed by atoms with van der Waals surface area (Å²) in [5, 5.41) is 2.82. The molecule has 0 bridgehead atoms. The summed E-state index contributed by atoms with van der Waals surface area (Å²) in [6.07, 6.45) is 5.95. The number of rotatable bonds is 4. The molecule has 0 aromatic heterocycles. The largest absolute Gasteiger partial charge is 0.355 e. The third-order valence-corrected chi connectivity index (χ3v) is 3.36. The normalized spacial score (nSPS) is 26.5. The summed E-state index contributed by atoms with van der Waals surface area (Å²) in [7, 11) is 2.01. The molecule has 1 aliphatic rings. The van der Waals surface area contributed by atoms with Gasteiger partial charge in [-0.1, -0.05) is 19.3 Å². The van der Waals surface area contributed by atoms with Crippen molar-refractivity contribution in [2.75, 3.05) is 20.1 Å². The van der Waals surface area contributed by atoms with Crippen molar-refractivity contribution in [1.29, 1.82) is 0 Å². The lowest BCUT2D eigenvalue weighted by atomic mass is 10.0. The van der Waals surface area contributed by atoms with E-state index in [9.17, 15) is 4.79 Å². The first-order valence-electron chi connectivity index (χ1n) is 6.37. The molecule has 1 aliphatic carbocycles. The Morgan fingerprint density at radius 1 is 1.38 bits per heavy atom. The van der Waals surface area contributed by atoms with Crippen LogP contribution in [0.1, 0.15) is 39.0 Å². The molecule has 94 valence electrons. The van der Waals surface area contributed by atoms with Crippen LogP contribution in [0.15, 0.2) is 0 Å². The summed E-state index contributed by atoms with van der Waals surface area (Å²) in [6.45, 7) is 3.10. The molecular formula is C12H25N3O. The minimum Gasteiger partial charge on any atom is -0.355 e. The maximum atomic E-state index is 11.5. The van der Waals surface area contributed by atoms with Crippen molar-refractivity contribution in [3.63, 3.8) is 0 Å². The molecule has 0 spiro atoms. The summed E-state index contributed by atoms with van der Waals surface area (Å²) >= 11 is 0. The lowest BCUT2D eigenvalue weighted by Crippen LogP contribution is -2.48. The SMILES string of the molecule is CCNC(=O)CN(C)C1CCCCCC1N. The van der Waals surface area contributed by atoms with Crippen LogP contribution in [0.5, 0.6) is 0 Å². The van der Waals surface area contributed by atoms with Crippen LogP contribution >= 0.6 is 0 Å². The minimum absolute atomic E-state index is 0.0986. The molecule has 3 N–H and O–H groups in total. The fraction of sp³-hybridized carbons (Fsp3) is 0.917. The number of carbonyl (C=O) groups excluding carboxylic acids is 1. The average Bonchev–Trinajstić information content (AvgIpc) is 2.43. The number of hydrogen-bond donors (Lipinski definition) is 2. The zero-order chi connectivity index (χ0) is 12.0. The Bertz CT molecular complexity index is 220. The van der Waals surface area contributed by atoms with Crippen LogP contribution in [0.2, 0.25) is 0 Å². The standard InChI is InChI=1S/C12H25N3O/c1-3-14-12(16)9-15(2)11-8-6-4-5-7-10(11)13/h10-11H,3-9,13H2,1-2H3,(H,14,16). The Kier molecular flexibility index (Phi) is 5.77. The highest BCUT2D eigenvalue weighted by atomic mass is 16.2. The third-order valence-electron chi connectivity index (χ3n) is 3.36. The maximum absolute atomic E-state index is 11.5. The molecule has 2 atom stereocenters. The fourth-order valence-electron chi connectivity index (χ4n) is 2.46. The molecule has 0 aromatic carbocycles. The van der Waals surface area contributed by atoms with E-state index < -0.39 is 0 Å². The van der Waals surface area contributed by atoms with E-state index in [2.05, 4.69) is 10.2 Å². The molecule has 1 fully saturated rings. The Morgan fingerprint density at radius 3 is 2.75 bits per heavy atom. The maximum Gasteiger partial charge on any atom is 0.234 e. The van der Waals surface area contributed by atoms with E-state index in [1.165, 1.54) is 19.3 Å². The highest BCUT2D eigenvalue weighted by Gasteiger charge is 2.24. The first kappa shape index (κ1) is 13.5. The monoisotopic (exact) mass is 227 g/mol. The van der Waals surface area contributed by atoms with Crippen molar-refractivity contribution in [3.8, 4) is 0 Å². The lowest BCUT2D eigenvalue weighted by Gasteiger charge is -2.30. The van der Waals surface area contributed by atoms with Crippen molar-refractivity contribution < 1.29 is 4.79 Å². The van der Waals surface area contributed by atoms with Gasteiger partial charge in [0.05, 0.1) is 6.54 Å². The van der Waals surface area contributed by atoms with Gasteiger partial charge in [0.1, 0.15) is 0 Å². The number of nitrogens with two attached hydrogens (primary N) is 1. The molecule has 0 radical (unpaired) electrons. The molecule has 0 heterocycles. The van der Waals surface area contributed by atoms with Crippen molar-refractivity contribution in [1.82, 2.24) is 10.2 Å². The van der Waals surface area contributed by atoms with E-state index >= 15 is 0 Å². The first-order chi connectivity index (χ1) is 7.65. The highest BCUT2D eigenvalue weighted by molar-refractivity contribution is 5.77. The predicted octanol–water partition coefficient (Wildman–Crippen LogP) is 0.714. The number of amides is 1. The molecule has 2 unspecified atom stereocenters. The van der Waals surface area contributed by atoms with Crippen LogP contribution in [0.3, 0.4) is 0 Å². The molecule has 4 nitrogen and oxygen atoms in total. The average molecular weight is 227 g/mol. The van der Waals surface area contributed by atoms with Gasteiger partial charge in [0.2, 0.25) is 5.91 Å². The second-order valence-electron chi connectivity index (χ2n) is 4.74. The molecule has 16 heavy (non-hydrogen) atoms. The Balaban J connectivity index is 2.43. The van der Waals surface area contributed by atoms with Crippen LogP contribution in [0.25, 0.3) is 0 Å². The fourth-order valence-corrected chi connectivity index (χ4v) is 2.46. The second-order valence-corrected chi connectivity index (χ2v) is 4.74. The number of nitrogens with zero attached hydrogens (tertiary/aromatic N) is 1. The van der Waals surface area contributed by atoms with E-state index in [-0.39, 0.29) is 11.9 Å². The van der Waals surface area contributed by atoms with Gasteiger partial charge in [-0.2, -0.15) is 0 Å². The Labute approximate surface area is 98.6 Å². The quantitative estimate of drug-likeness (QED) is 0.696. The van der Waals surface area contributed by atoms with Gasteiger partial charge in [-0.3, -0.25) is 9.69 Å². The minimum atomic E-state index is 0.0986. The molecule has 1 rings (SSSR count). The summed E-state index contributed by atoms with van der Waals surface area (Å²) in [6, 6.07) is 0.590. The van der Waals surface area contributed by atoms with E-state index in [1.54, 1.807) is 0 Å². The number of likely N-dealkylation sites (N-methyl/N-ethyl adjacent to an activating group) is 2. The van der Waals surface area contributed by atoms with Crippen molar-refractivity contribution in [2.45, 2.75) is 51.1 Å². The van der Waals surface area contributed by atoms with E-state index in [1.807, 2.05) is 14.0 Å². The summed E-state index contributed by atoms with van der Waals surface area (Å²) in [4.78, 5) is 13.6. The second kappa shape index (κ2) is 6.86. The van der Waals surface area contributed by atoms with Gasteiger partial charge in [-0.05, 0) is 26.8 Å². The van der Waals surface area contributed by atoms with Crippen LogP contribution in [0.4, 0.5) is 0 Å². The van der Waals surface area contributed by atoms with Gasteiger partial charge in [0.25, 0.3) is 0 Å². The third kappa shape index (κ3) is 4.10. The van der Waals surface area contributed by atoms with E-state index in [4.69, 9.17) is 5.73 Å². The Morgan fingerprint density at radius 2 is 2.06 bits per heavy atom. The van der Waals surface area contributed by atoms with Crippen LogP contribution in [-0.4, -0.2) is 43.0 Å². The first-order valence-corrected chi connectivity index (χ1v) is 6.37. The topological polar surface area (TPSA) is 58.4 Å². The number of hydrogen-bond acceptors (Lipinski definition) is 3. The van der Waals surface area contributed by atoms with Gasteiger partial charge >= 0.3 is 0 Å². The van der Waals surface area contributed by atoms with Gasteiger partial charge in [0, 0.05) is 18.6 Å². The predicted molar refractivity (Wildman–Crippen MR) is 66.2 cm³/mol. The zero-order valence-corrected chi connectivity index (χ0v) is 10.5. The van der Waals surface area contributed by atoms with Gasteiger partial charge in [-0.15, -0.1) is 0 Å². The molecule has 1 saturated carbocycles. The van der Waals surface area contributed by atoms with E-state index in [0.29, 0.717) is 19.1 Å². The lowest BCUT2D eigenvalue weighted by molar-refractivity contribution is -0.122. The molecular weight excluding hydrogens is 202 g/mol. The van der Waals surface area contributed by atoms with Crippen LogP contribution in [-0.2, 0) is 4.79 Å². The number of carbonyl (C=O) groups is 1. The van der Waals surface area contributed by atoms with Crippen LogP contribution < -0.4 is 11.1 Å². The number of nitrogens with one attached hydrogen (secondary N) is 1. The van der Waals surface area contributed by atoms with Gasteiger partial charge < -0.3 is 11.1 Å². The molecule has 0 aliphatic heterocycles. The molecule has 0 saturated heterocycles. The highest BCUT2D eigenvalue weighted by Crippen LogP contribution is 2.20. The zero-order valence-electron chi connectivity index (χ0n) is 10.5. The summed E-state index contributed by atoms with van der Waals surface area (Å²) < 4.78 is 0. The van der Waals surface area contributed by atoms with Crippen molar-refractivity contribution in [3.05, 3.63) is 0 Å². The summed E-state index contributed by atoms with van der Waals surface area (Å²) in [5.74, 6) is 0.0986. The smallest absolute Gasteiger partial charge is 0.234 e. The summed E-state index contributed by atoms with van der Waals surface area (Å²) in [5.41, 5.74) is 6.16.